The Kier molecular flexibility index (Phi) is 7.26. The summed E-state index contributed by atoms with van der Waals surface area (Å²) in [7, 11) is 1.43. The lowest BCUT2D eigenvalue weighted by Gasteiger charge is -2.26. The van der Waals surface area contributed by atoms with Crippen LogP contribution in [0.3, 0.4) is 0 Å². The van der Waals surface area contributed by atoms with Gasteiger partial charge >= 0.3 is 5.97 Å². The summed E-state index contributed by atoms with van der Waals surface area (Å²) in [4.78, 5) is 16.5. The van der Waals surface area contributed by atoms with Crippen LogP contribution in [0, 0.1) is 0 Å². The standard InChI is InChI=1S/C32H34N4O4/c1-3-20-18-23(11-12-24(20)21-14-16-33-17-15-21)40-28-13-10-22-6-4-7-25(30(22)28)27-8-5-9-29(35-27)36-31(39-2)26(19-34-36)32(37)38/h4-9,11-12,18-19,21,28,33H,3,10,13-17H2,1-2H3,(H,37,38)/t28-/m0/s1. The van der Waals surface area contributed by atoms with E-state index in [0.29, 0.717) is 11.7 Å². The van der Waals surface area contributed by atoms with E-state index in [1.54, 1.807) is 6.07 Å². The second-order valence-electron chi connectivity index (χ2n) is 10.4. The summed E-state index contributed by atoms with van der Waals surface area (Å²) < 4.78 is 13.5. The number of carboxylic acid groups (broad SMARTS) is 1. The van der Waals surface area contributed by atoms with Crippen LogP contribution in [0.4, 0.5) is 0 Å². The monoisotopic (exact) mass is 538 g/mol. The van der Waals surface area contributed by atoms with Crippen molar-refractivity contribution in [3.8, 4) is 28.7 Å². The Morgan fingerprint density at radius 2 is 1.93 bits per heavy atom. The Bertz CT molecular complexity index is 1540. The smallest absolute Gasteiger partial charge is 0.342 e. The summed E-state index contributed by atoms with van der Waals surface area (Å²) in [5.41, 5.74) is 7.03. The molecule has 0 spiro atoms. The van der Waals surface area contributed by atoms with E-state index in [4.69, 9.17) is 14.5 Å². The van der Waals surface area contributed by atoms with Gasteiger partial charge in [-0.1, -0.05) is 37.3 Å². The van der Waals surface area contributed by atoms with E-state index in [1.165, 1.54) is 47.5 Å². The van der Waals surface area contributed by atoms with Crippen molar-refractivity contribution in [3.05, 3.63) is 88.6 Å². The van der Waals surface area contributed by atoms with Crippen molar-refractivity contribution in [1.82, 2.24) is 20.1 Å². The van der Waals surface area contributed by atoms with Gasteiger partial charge in [0.1, 0.15) is 17.4 Å². The van der Waals surface area contributed by atoms with Crippen molar-refractivity contribution in [2.45, 2.75) is 51.0 Å². The molecule has 1 aliphatic heterocycles. The van der Waals surface area contributed by atoms with Crippen LogP contribution in [0.2, 0.25) is 0 Å². The largest absolute Gasteiger partial charge is 0.486 e. The molecule has 2 aliphatic rings. The highest BCUT2D eigenvalue weighted by Gasteiger charge is 2.29. The van der Waals surface area contributed by atoms with Crippen LogP contribution < -0.4 is 14.8 Å². The fraction of sp³-hybridized carbons (Fsp3) is 0.344. The number of rotatable bonds is 8. The molecule has 40 heavy (non-hydrogen) atoms. The highest BCUT2D eigenvalue weighted by Crippen LogP contribution is 2.42. The Morgan fingerprint density at radius 3 is 2.70 bits per heavy atom. The molecule has 1 atom stereocenters. The van der Waals surface area contributed by atoms with E-state index < -0.39 is 5.97 Å². The van der Waals surface area contributed by atoms with Crippen LogP contribution in [0.25, 0.3) is 17.1 Å². The highest BCUT2D eigenvalue weighted by atomic mass is 16.5. The number of hydrogen-bond donors (Lipinski definition) is 2. The van der Waals surface area contributed by atoms with E-state index >= 15 is 0 Å². The summed E-state index contributed by atoms with van der Waals surface area (Å²) in [6, 6.07) is 18.6. The van der Waals surface area contributed by atoms with Gasteiger partial charge in [0, 0.05) is 11.1 Å². The minimum Gasteiger partial charge on any atom is -0.486 e. The zero-order chi connectivity index (χ0) is 27.6. The van der Waals surface area contributed by atoms with Crippen molar-refractivity contribution in [3.63, 3.8) is 0 Å². The molecule has 0 radical (unpaired) electrons. The first-order valence-electron chi connectivity index (χ1n) is 14.0. The number of aryl methyl sites for hydroxylation is 2. The third-order valence-electron chi connectivity index (χ3n) is 8.12. The molecule has 1 fully saturated rings. The lowest BCUT2D eigenvalue weighted by atomic mass is 9.86. The number of benzene rings is 2. The zero-order valence-corrected chi connectivity index (χ0v) is 22.9. The number of pyridine rings is 1. The first-order chi connectivity index (χ1) is 19.6. The molecule has 3 heterocycles. The molecule has 8 nitrogen and oxygen atoms in total. The molecule has 6 rings (SSSR count). The summed E-state index contributed by atoms with van der Waals surface area (Å²) >= 11 is 0. The maximum absolute atomic E-state index is 11.6. The highest BCUT2D eigenvalue weighted by molar-refractivity contribution is 5.90. The fourth-order valence-electron chi connectivity index (χ4n) is 6.18. The number of aromatic nitrogens is 3. The van der Waals surface area contributed by atoms with Crippen molar-refractivity contribution >= 4 is 5.97 Å². The fourth-order valence-corrected chi connectivity index (χ4v) is 6.18. The van der Waals surface area contributed by atoms with Gasteiger partial charge in [0.05, 0.1) is 19.0 Å². The Balaban J connectivity index is 1.31. The minimum absolute atomic E-state index is 0.0126. The minimum atomic E-state index is -1.10. The first kappa shape index (κ1) is 26.1. The SMILES string of the molecule is CCc1cc(O[C@H]2CCc3cccc(-c4cccc(-n5ncc(C(=O)O)c5OC)n4)c32)ccc1C1CCNCC1. The topological polar surface area (TPSA) is 98.5 Å². The molecule has 0 unspecified atom stereocenters. The Labute approximate surface area is 234 Å². The van der Waals surface area contributed by atoms with Crippen LogP contribution in [-0.4, -0.2) is 46.0 Å². The number of piperidine rings is 1. The quantitative estimate of drug-likeness (QED) is 0.295. The normalized spacial score (nSPS) is 17.0. The molecule has 2 N–H and O–H groups in total. The average molecular weight is 539 g/mol. The number of methoxy groups -OCH3 is 1. The molecule has 4 aromatic rings. The maximum atomic E-state index is 11.6. The lowest BCUT2D eigenvalue weighted by molar-refractivity contribution is 0.0693. The molecule has 0 saturated carbocycles. The molecule has 0 amide bonds. The van der Waals surface area contributed by atoms with Crippen molar-refractivity contribution < 1.29 is 19.4 Å². The van der Waals surface area contributed by atoms with Gasteiger partial charge in [0.15, 0.2) is 5.82 Å². The molecule has 2 aromatic carbocycles. The first-order valence-corrected chi connectivity index (χ1v) is 14.0. The molecule has 0 bridgehead atoms. The van der Waals surface area contributed by atoms with Gasteiger partial charge in [-0.05, 0) is 92.1 Å². The van der Waals surface area contributed by atoms with Gasteiger partial charge in [-0.2, -0.15) is 9.78 Å². The average Bonchev–Trinajstić information content (AvgIpc) is 3.62. The molecule has 8 heteroatoms. The van der Waals surface area contributed by atoms with Gasteiger partial charge in [0.25, 0.3) is 0 Å². The van der Waals surface area contributed by atoms with Gasteiger partial charge in [0.2, 0.25) is 5.88 Å². The van der Waals surface area contributed by atoms with Crippen LogP contribution in [0.15, 0.2) is 60.8 Å². The molecular formula is C32H34N4O4. The second kappa shape index (κ2) is 11.1. The van der Waals surface area contributed by atoms with Crippen LogP contribution in [0.1, 0.15) is 70.8 Å². The van der Waals surface area contributed by atoms with E-state index in [-0.39, 0.29) is 17.5 Å². The van der Waals surface area contributed by atoms with Gasteiger partial charge in [-0.15, -0.1) is 0 Å². The molecule has 2 aromatic heterocycles. The number of nitrogens with one attached hydrogen (secondary N) is 1. The Hall–Kier alpha value is -4.17. The number of hydrogen-bond acceptors (Lipinski definition) is 6. The van der Waals surface area contributed by atoms with Gasteiger partial charge < -0.3 is 19.9 Å². The van der Waals surface area contributed by atoms with Crippen LogP contribution in [-0.2, 0) is 12.8 Å². The van der Waals surface area contributed by atoms with E-state index in [0.717, 1.165) is 54.9 Å². The predicted octanol–water partition coefficient (Wildman–Crippen LogP) is 5.74. The maximum Gasteiger partial charge on any atom is 0.342 e. The number of nitrogens with zero attached hydrogens (tertiary/aromatic N) is 3. The summed E-state index contributed by atoms with van der Waals surface area (Å²) in [5, 5.41) is 17.2. The molecule has 1 aliphatic carbocycles. The Morgan fingerprint density at radius 1 is 1.10 bits per heavy atom. The van der Waals surface area contributed by atoms with Crippen molar-refractivity contribution in [2.75, 3.05) is 20.2 Å². The summed E-state index contributed by atoms with van der Waals surface area (Å²) in [5.74, 6) is 1.04. The number of ether oxygens (including phenoxy) is 2. The number of carboxylic acids is 1. The number of aromatic carboxylic acids is 1. The van der Waals surface area contributed by atoms with Gasteiger partial charge in [-0.25, -0.2) is 9.78 Å². The third-order valence-corrected chi connectivity index (χ3v) is 8.12. The van der Waals surface area contributed by atoms with E-state index in [9.17, 15) is 9.90 Å². The lowest BCUT2D eigenvalue weighted by Crippen LogP contribution is -2.27. The molecule has 1 saturated heterocycles. The third kappa shape index (κ3) is 4.84. The van der Waals surface area contributed by atoms with Crippen LogP contribution >= 0.6 is 0 Å². The number of fused-ring (bicyclic) bond motifs is 1. The zero-order valence-electron chi connectivity index (χ0n) is 22.9. The molecule has 206 valence electrons. The van der Waals surface area contributed by atoms with Crippen LogP contribution in [0.5, 0.6) is 11.6 Å². The van der Waals surface area contributed by atoms with E-state index in [1.807, 2.05) is 12.1 Å². The van der Waals surface area contributed by atoms with Gasteiger partial charge in [-0.3, -0.25) is 0 Å². The van der Waals surface area contributed by atoms with Crippen molar-refractivity contribution in [1.29, 1.82) is 0 Å². The molecular weight excluding hydrogens is 504 g/mol. The summed E-state index contributed by atoms with van der Waals surface area (Å²) in [6.45, 7) is 4.38. The summed E-state index contributed by atoms with van der Waals surface area (Å²) in [6.07, 6.45) is 6.39. The van der Waals surface area contributed by atoms with Crippen molar-refractivity contribution in [2.24, 2.45) is 0 Å². The predicted molar refractivity (Wildman–Crippen MR) is 153 cm³/mol. The second-order valence-corrected chi connectivity index (χ2v) is 10.4. The van der Waals surface area contributed by atoms with E-state index in [2.05, 4.69) is 53.7 Å². The number of carbonyl (C=O) groups is 1.